The van der Waals surface area contributed by atoms with Gasteiger partial charge in [-0.2, -0.15) is 4.68 Å². The molecule has 1 amide bonds. The van der Waals surface area contributed by atoms with Crippen LogP contribution in [0.25, 0.3) is 5.69 Å². The molecule has 0 spiro atoms. The molecule has 8 nitrogen and oxygen atoms in total. The lowest BCUT2D eigenvalue weighted by Gasteiger charge is -2.13. The molecule has 0 saturated carbocycles. The number of benzene rings is 2. The number of carbonyl (C=O) groups excluding carboxylic acids is 1. The first-order valence-electron chi connectivity index (χ1n) is 7.73. The number of aromatic nitrogens is 4. The summed E-state index contributed by atoms with van der Waals surface area (Å²) in [5.41, 5.74) is 1.67. The van der Waals surface area contributed by atoms with Crippen molar-refractivity contribution in [1.82, 2.24) is 20.2 Å². The number of hydrogen-bond acceptors (Lipinski definition) is 7. The second-order valence-electron chi connectivity index (χ2n) is 5.27. The van der Waals surface area contributed by atoms with Gasteiger partial charge in [0.25, 0.3) is 5.91 Å². The Kier molecular flexibility index (Phi) is 5.82. The third kappa shape index (κ3) is 3.99. The molecule has 10 heteroatoms. The molecule has 2 aromatic carbocycles. The highest BCUT2D eigenvalue weighted by Crippen LogP contribution is 2.36. The molecule has 0 aliphatic heterocycles. The van der Waals surface area contributed by atoms with E-state index in [-0.39, 0.29) is 5.91 Å². The number of ether oxygens (including phenoxy) is 2. The topological polar surface area (TPSA) is 91.2 Å². The minimum absolute atomic E-state index is 0.303. The van der Waals surface area contributed by atoms with Crippen molar-refractivity contribution in [3.05, 3.63) is 47.0 Å². The lowest BCUT2D eigenvalue weighted by molar-refractivity contribution is 0.102. The number of carbonyl (C=O) groups is 1. The molecule has 140 valence electrons. The predicted molar refractivity (Wildman–Crippen MR) is 103 cm³/mol. The van der Waals surface area contributed by atoms with Crippen molar-refractivity contribution >= 4 is 35.0 Å². The van der Waals surface area contributed by atoms with Crippen LogP contribution in [-0.4, -0.2) is 46.6 Å². The van der Waals surface area contributed by atoms with Crippen molar-refractivity contribution in [2.45, 2.75) is 5.16 Å². The van der Waals surface area contributed by atoms with Crippen molar-refractivity contribution in [1.29, 1.82) is 0 Å². The highest BCUT2D eigenvalue weighted by Gasteiger charge is 2.14. The zero-order valence-corrected chi connectivity index (χ0v) is 16.3. The molecule has 1 N–H and O–H groups in total. The van der Waals surface area contributed by atoms with Crippen LogP contribution in [0.2, 0.25) is 5.02 Å². The van der Waals surface area contributed by atoms with Crippen molar-refractivity contribution in [3.8, 4) is 17.2 Å². The molecular formula is C17H16ClN5O3S. The summed E-state index contributed by atoms with van der Waals surface area (Å²) in [5.74, 6) is 0.601. The summed E-state index contributed by atoms with van der Waals surface area (Å²) in [4.78, 5) is 12.6. The first-order valence-corrected chi connectivity index (χ1v) is 9.33. The average molecular weight is 406 g/mol. The maximum absolute atomic E-state index is 12.6. The van der Waals surface area contributed by atoms with Gasteiger partial charge in [0.05, 0.1) is 30.6 Å². The standard InChI is InChI=1S/C17H16ClN5O3S/c1-25-14-9-15(26-2)13(8-12(14)18)19-16(24)10-4-6-11(7-5-10)23-17(27-3)20-21-22-23/h4-9H,1-3H3,(H,19,24). The summed E-state index contributed by atoms with van der Waals surface area (Å²) in [6.07, 6.45) is 1.89. The highest BCUT2D eigenvalue weighted by molar-refractivity contribution is 7.98. The van der Waals surface area contributed by atoms with E-state index in [0.717, 1.165) is 5.69 Å². The van der Waals surface area contributed by atoms with E-state index < -0.39 is 0 Å². The van der Waals surface area contributed by atoms with Crippen LogP contribution in [0.3, 0.4) is 0 Å². The molecule has 1 heterocycles. The van der Waals surface area contributed by atoms with Gasteiger partial charge in [-0.15, -0.1) is 5.10 Å². The Balaban J connectivity index is 1.82. The minimum atomic E-state index is -0.303. The largest absolute Gasteiger partial charge is 0.495 e. The molecule has 27 heavy (non-hydrogen) atoms. The molecule has 0 aliphatic carbocycles. The van der Waals surface area contributed by atoms with Crippen LogP contribution >= 0.6 is 23.4 Å². The van der Waals surface area contributed by atoms with E-state index in [2.05, 4.69) is 20.8 Å². The fourth-order valence-corrected chi connectivity index (χ4v) is 3.05. The van der Waals surface area contributed by atoms with Crippen molar-refractivity contribution < 1.29 is 14.3 Å². The Labute approximate surface area is 164 Å². The number of nitrogens with zero attached hydrogens (tertiary/aromatic N) is 4. The second-order valence-corrected chi connectivity index (χ2v) is 6.45. The summed E-state index contributed by atoms with van der Waals surface area (Å²) < 4.78 is 12.0. The Hall–Kier alpha value is -2.78. The Bertz CT molecular complexity index is 962. The van der Waals surface area contributed by atoms with Crippen LogP contribution in [0.5, 0.6) is 11.5 Å². The van der Waals surface area contributed by atoms with Crippen LogP contribution in [-0.2, 0) is 0 Å². The molecule has 0 bridgehead atoms. The Morgan fingerprint density at radius 3 is 2.48 bits per heavy atom. The molecule has 1 aromatic heterocycles. The number of methoxy groups -OCH3 is 2. The number of tetrazole rings is 1. The zero-order chi connectivity index (χ0) is 19.4. The van der Waals surface area contributed by atoms with E-state index in [9.17, 15) is 4.79 Å². The average Bonchev–Trinajstić information content (AvgIpc) is 3.17. The van der Waals surface area contributed by atoms with Crippen LogP contribution in [0.4, 0.5) is 5.69 Å². The molecule has 0 radical (unpaired) electrons. The molecule has 0 fully saturated rings. The van der Waals surface area contributed by atoms with Crippen LogP contribution in [0.1, 0.15) is 10.4 Å². The number of rotatable bonds is 6. The quantitative estimate of drug-likeness (QED) is 0.629. The van der Waals surface area contributed by atoms with E-state index in [4.69, 9.17) is 21.1 Å². The van der Waals surface area contributed by atoms with Gasteiger partial charge in [-0.25, -0.2) is 0 Å². The maximum atomic E-state index is 12.6. The first-order chi connectivity index (χ1) is 13.1. The summed E-state index contributed by atoms with van der Waals surface area (Å²) in [6.45, 7) is 0. The van der Waals surface area contributed by atoms with Crippen LogP contribution in [0.15, 0.2) is 41.6 Å². The number of nitrogens with one attached hydrogen (secondary N) is 1. The number of halogens is 1. The minimum Gasteiger partial charge on any atom is -0.495 e. The number of thioether (sulfide) groups is 1. The van der Waals surface area contributed by atoms with Crippen LogP contribution in [0, 0.1) is 0 Å². The smallest absolute Gasteiger partial charge is 0.255 e. The van der Waals surface area contributed by atoms with Gasteiger partial charge >= 0.3 is 0 Å². The fourth-order valence-electron chi connectivity index (χ4n) is 2.37. The number of hydrogen-bond donors (Lipinski definition) is 1. The SMILES string of the molecule is COc1cc(OC)c(NC(=O)c2ccc(-n3nnnc3SC)cc2)cc1Cl. The van der Waals surface area contributed by atoms with Crippen molar-refractivity contribution in [2.75, 3.05) is 25.8 Å². The summed E-state index contributed by atoms with van der Waals surface area (Å²) >= 11 is 7.57. The molecule has 0 aliphatic rings. The van der Waals surface area contributed by atoms with E-state index in [1.54, 1.807) is 41.1 Å². The summed E-state index contributed by atoms with van der Waals surface area (Å²) in [6, 6.07) is 10.1. The molecule has 0 atom stereocenters. The van der Waals surface area contributed by atoms with Crippen molar-refractivity contribution in [3.63, 3.8) is 0 Å². The molecule has 3 rings (SSSR count). The lowest BCUT2D eigenvalue weighted by Crippen LogP contribution is -2.13. The van der Waals surface area contributed by atoms with Gasteiger partial charge in [0.15, 0.2) is 0 Å². The molecule has 0 unspecified atom stereocenters. The monoisotopic (exact) mass is 405 g/mol. The van der Waals surface area contributed by atoms with Crippen molar-refractivity contribution in [2.24, 2.45) is 0 Å². The van der Waals surface area contributed by atoms with Gasteiger partial charge in [0, 0.05) is 11.6 Å². The molecule has 0 saturated heterocycles. The predicted octanol–water partition coefficient (Wildman–Crippen LogP) is 3.31. The summed E-state index contributed by atoms with van der Waals surface area (Å²) in [5, 5.41) is 15.3. The second kappa shape index (κ2) is 8.28. The van der Waals surface area contributed by atoms with Crippen LogP contribution < -0.4 is 14.8 Å². The van der Waals surface area contributed by atoms with E-state index in [0.29, 0.717) is 32.9 Å². The Morgan fingerprint density at radius 1 is 1.15 bits per heavy atom. The summed E-state index contributed by atoms with van der Waals surface area (Å²) in [7, 11) is 3.01. The van der Waals surface area contributed by atoms with Gasteiger partial charge in [-0.05, 0) is 47.0 Å². The normalized spacial score (nSPS) is 10.5. The van der Waals surface area contributed by atoms with Gasteiger partial charge in [-0.3, -0.25) is 4.79 Å². The van der Waals surface area contributed by atoms with Gasteiger partial charge in [-0.1, -0.05) is 23.4 Å². The lowest BCUT2D eigenvalue weighted by atomic mass is 10.2. The number of anilines is 1. The molecular weight excluding hydrogens is 390 g/mol. The first kappa shape index (κ1) is 19.0. The fraction of sp³-hybridized carbons (Fsp3) is 0.176. The molecule has 3 aromatic rings. The van der Waals surface area contributed by atoms with Gasteiger partial charge < -0.3 is 14.8 Å². The zero-order valence-electron chi connectivity index (χ0n) is 14.8. The van der Waals surface area contributed by atoms with E-state index >= 15 is 0 Å². The third-order valence-corrected chi connectivity index (χ3v) is 4.63. The van der Waals surface area contributed by atoms with E-state index in [1.807, 2.05) is 6.26 Å². The number of amides is 1. The Morgan fingerprint density at radius 2 is 1.85 bits per heavy atom. The highest BCUT2D eigenvalue weighted by atomic mass is 35.5. The van der Waals surface area contributed by atoms with E-state index in [1.165, 1.54) is 26.0 Å². The van der Waals surface area contributed by atoms with Gasteiger partial charge in [0.1, 0.15) is 11.5 Å². The third-order valence-electron chi connectivity index (χ3n) is 3.72. The van der Waals surface area contributed by atoms with Gasteiger partial charge in [0.2, 0.25) is 5.16 Å². The maximum Gasteiger partial charge on any atom is 0.255 e.